The second kappa shape index (κ2) is 6.95. The van der Waals surface area contributed by atoms with Crippen molar-refractivity contribution < 1.29 is 8.42 Å². The lowest BCUT2D eigenvalue weighted by atomic mass is 10.2. The fourth-order valence-corrected chi connectivity index (χ4v) is 2.67. The summed E-state index contributed by atoms with van der Waals surface area (Å²) in [5, 5.41) is 0.478. The lowest BCUT2D eigenvalue weighted by molar-refractivity contribution is 0.414. The Morgan fingerprint density at radius 2 is 2.10 bits per heavy atom. The van der Waals surface area contributed by atoms with Crippen molar-refractivity contribution in [2.45, 2.75) is 19.9 Å². The van der Waals surface area contributed by atoms with Crippen LogP contribution >= 0.6 is 11.6 Å². The van der Waals surface area contributed by atoms with Crippen LogP contribution < -0.4 is 10.5 Å². The molecule has 0 atom stereocenters. The zero-order valence-electron chi connectivity index (χ0n) is 11.6. The van der Waals surface area contributed by atoms with Crippen LogP contribution in [0.4, 0.5) is 5.69 Å². The van der Waals surface area contributed by atoms with Crippen LogP contribution in [0.25, 0.3) is 0 Å². The molecule has 0 fully saturated rings. The molecule has 0 radical (unpaired) electrons. The topological polar surface area (TPSA) is 75.4 Å². The van der Waals surface area contributed by atoms with Crippen LogP contribution in [0.15, 0.2) is 18.2 Å². The van der Waals surface area contributed by atoms with Gasteiger partial charge in [-0.2, -0.15) is 12.7 Å². The second-order valence-corrected chi connectivity index (χ2v) is 6.58. The van der Waals surface area contributed by atoms with E-state index >= 15 is 0 Å². The summed E-state index contributed by atoms with van der Waals surface area (Å²) in [6.45, 7) is 3.76. The Hall–Kier alpha value is -1.26. The third kappa shape index (κ3) is 4.39. The quantitative estimate of drug-likeness (QED) is 0.830. The Morgan fingerprint density at radius 1 is 1.45 bits per heavy atom. The lowest BCUT2D eigenvalue weighted by Gasteiger charge is -2.22. The minimum atomic E-state index is -3.63. The summed E-state index contributed by atoms with van der Waals surface area (Å²) in [6, 6.07) is 4.62. The van der Waals surface area contributed by atoms with Crippen LogP contribution in [0, 0.1) is 11.8 Å². The smallest absolute Gasteiger partial charge is 0.301 e. The molecule has 3 N–H and O–H groups in total. The molecule has 1 aromatic carbocycles. The molecule has 0 heterocycles. The van der Waals surface area contributed by atoms with Gasteiger partial charge in [0.15, 0.2) is 0 Å². The highest BCUT2D eigenvalue weighted by atomic mass is 35.5. The minimum Gasteiger partial charge on any atom is -0.320 e. The van der Waals surface area contributed by atoms with E-state index in [0.717, 1.165) is 0 Å². The summed E-state index contributed by atoms with van der Waals surface area (Å²) in [5.41, 5.74) is 6.19. The van der Waals surface area contributed by atoms with E-state index in [1.165, 1.54) is 11.4 Å². The molecular weight excluding hydrogens is 298 g/mol. The van der Waals surface area contributed by atoms with Gasteiger partial charge in [-0.15, -0.1) is 0 Å². The highest BCUT2D eigenvalue weighted by Gasteiger charge is 2.21. The van der Waals surface area contributed by atoms with Crippen LogP contribution in [0.1, 0.15) is 19.4 Å². The van der Waals surface area contributed by atoms with Crippen molar-refractivity contribution in [2.24, 2.45) is 5.73 Å². The zero-order chi connectivity index (χ0) is 15.3. The molecule has 0 amide bonds. The van der Waals surface area contributed by atoms with Crippen molar-refractivity contribution in [3.8, 4) is 11.8 Å². The minimum absolute atomic E-state index is 0.154. The highest BCUT2D eigenvalue weighted by Crippen LogP contribution is 2.21. The largest absolute Gasteiger partial charge is 0.320 e. The molecule has 7 heteroatoms. The van der Waals surface area contributed by atoms with Gasteiger partial charge in [-0.1, -0.05) is 23.4 Å². The predicted molar refractivity (Wildman–Crippen MR) is 82.8 cm³/mol. The Bertz CT molecular complexity index is 633. The van der Waals surface area contributed by atoms with Gasteiger partial charge in [0.05, 0.1) is 17.8 Å². The Kier molecular flexibility index (Phi) is 5.84. The lowest BCUT2D eigenvalue weighted by Crippen LogP contribution is -2.37. The van der Waals surface area contributed by atoms with Gasteiger partial charge in [0.25, 0.3) is 0 Å². The summed E-state index contributed by atoms with van der Waals surface area (Å²) in [4.78, 5) is 0. The standard InChI is InChI=1S/C13H18ClN3O2S/c1-10(2)17(3)20(18,19)16-13-7-6-12(14)9-11(13)5-4-8-15/h6-7,9-10,16H,8,15H2,1-3H3. The third-order valence-corrected chi connectivity index (χ3v) is 4.54. The maximum Gasteiger partial charge on any atom is 0.301 e. The van der Waals surface area contributed by atoms with E-state index in [1.54, 1.807) is 32.0 Å². The first kappa shape index (κ1) is 16.8. The molecular formula is C13H18ClN3O2S. The molecule has 0 saturated heterocycles. The first-order chi connectivity index (χ1) is 9.27. The van der Waals surface area contributed by atoms with Crippen molar-refractivity contribution in [1.29, 1.82) is 0 Å². The second-order valence-electron chi connectivity index (χ2n) is 4.41. The van der Waals surface area contributed by atoms with E-state index in [2.05, 4.69) is 16.6 Å². The average molecular weight is 316 g/mol. The number of hydrogen-bond acceptors (Lipinski definition) is 3. The van der Waals surface area contributed by atoms with Crippen molar-refractivity contribution in [1.82, 2.24) is 4.31 Å². The maximum absolute atomic E-state index is 12.2. The molecule has 0 aliphatic heterocycles. The number of halogens is 1. The summed E-state index contributed by atoms with van der Waals surface area (Å²) >= 11 is 5.89. The van der Waals surface area contributed by atoms with E-state index in [0.29, 0.717) is 16.3 Å². The normalized spacial score (nSPS) is 11.3. The number of nitrogens with two attached hydrogens (primary N) is 1. The van der Waals surface area contributed by atoms with E-state index in [1.807, 2.05) is 0 Å². The Labute approximate surface area is 125 Å². The van der Waals surface area contributed by atoms with Crippen LogP contribution in [0.5, 0.6) is 0 Å². The Morgan fingerprint density at radius 3 is 2.65 bits per heavy atom. The molecule has 0 aliphatic rings. The van der Waals surface area contributed by atoms with Gasteiger partial charge < -0.3 is 5.73 Å². The van der Waals surface area contributed by atoms with Crippen molar-refractivity contribution >= 4 is 27.5 Å². The first-order valence-corrected chi connectivity index (χ1v) is 7.84. The number of rotatable bonds is 4. The van der Waals surface area contributed by atoms with Gasteiger partial charge in [-0.3, -0.25) is 4.72 Å². The van der Waals surface area contributed by atoms with E-state index in [-0.39, 0.29) is 12.6 Å². The third-order valence-electron chi connectivity index (χ3n) is 2.65. The van der Waals surface area contributed by atoms with Gasteiger partial charge in [0.2, 0.25) is 0 Å². The molecule has 0 bridgehead atoms. The van der Waals surface area contributed by atoms with Gasteiger partial charge in [-0.05, 0) is 32.0 Å². The summed E-state index contributed by atoms with van der Waals surface area (Å²) in [6.07, 6.45) is 0. The molecule has 1 aromatic rings. The number of nitrogens with one attached hydrogen (secondary N) is 1. The number of nitrogens with zero attached hydrogens (tertiary/aromatic N) is 1. The molecule has 5 nitrogen and oxygen atoms in total. The Balaban J connectivity index is 3.15. The molecule has 110 valence electrons. The monoisotopic (exact) mass is 315 g/mol. The van der Waals surface area contributed by atoms with Crippen LogP contribution in [0.2, 0.25) is 5.02 Å². The van der Waals surface area contributed by atoms with Crippen molar-refractivity contribution in [3.05, 3.63) is 28.8 Å². The number of anilines is 1. The van der Waals surface area contributed by atoms with E-state index in [4.69, 9.17) is 17.3 Å². The van der Waals surface area contributed by atoms with Crippen LogP contribution in [-0.4, -0.2) is 32.4 Å². The van der Waals surface area contributed by atoms with Gasteiger partial charge >= 0.3 is 10.2 Å². The van der Waals surface area contributed by atoms with Gasteiger partial charge in [-0.25, -0.2) is 0 Å². The molecule has 0 saturated carbocycles. The van der Waals surface area contributed by atoms with Crippen molar-refractivity contribution in [2.75, 3.05) is 18.3 Å². The predicted octanol–water partition coefficient (Wildman–Crippen LogP) is 1.65. The molecule has 1 rings (SSSR count). The van der Waals surface area contributed by atoms with E-state index in [9.17, 15) is 8.42 Å². The highest BCUT2D eigenvalue weighted by molar-refractivity contribution is 7.90. The van der Waals surface area contributed by atoms with Crippen molar-refractivity contribution in [3.63, 3.8) is 0 Å². The van der Waals surface area contributed by atoms with E-state index < -0.39 is 10.2 Å². The van der Waals surface area contributed by atoms with Gasteiger partial charge in [0.1, 0.15) is 0 Å². The molecule has 0 aromatic heterocycles. The number of benzene rings is 1. The number of hydrogen-bond donors (Lipinski definition) is 2. The van der Waals surface area contributed by atoms with Gasteiger partial charge in [0, 0.05) is 18.1 Å². The molecule has 20 heavy (non-hydrogen) atoms. The molecule has 0 aliphatic carbocycles. The zero-order valence-corrected chi connectivity index (χ0v) is 13.2. The summed E-state index contributed by atoms with van der Waals surface area (Å²) in [5.74, 6) is 5.48. The fourth-order valence-electron chi connectivity index (χ4n) is 1.34. The average Bonchev–Trinajstić information content (AvgIpc) is 2.37. The molecule has 0 unspecified atom stereocenters. The summed E-state index contributed by atoms with van der Waals surface area (Å²) in [7, 11) is -2.12. The first-order valence-electron chi connectivity index (χ1n) is 6.02. The SMILES string of the molecule is CC(C)N(C)S(=O)(=O)Nc1ccc(Cl)cc1C#CCN. The summed E-state index contributed by atoms with van der Waals surface area (Å²) < 4.78 is 28.1. The molecule has 0 spiro atoms. The maximum atomic E-state index is 12.2. The fraction of sp³-hybridized carbons (Fsp3) is 0.385. The van der Waals surface area contributed by atoms with Crippen LogP contribution in [-0.2, 0) is 10.2 Å². The van der Waals surface area contributed by atoms with Crippen LogP contribution in [0.3, 0.4) is 0 Å².